The first-order chi connectivity index (χ1) is 7.90. The number of hydrogen-bond donors (Lipinski definition) is 1. The van der Waals surface area contributed by atoms with Crippen LogP contribution in [0, 0.1) is 11.8 Å². The zero-order valence-corrected chi connectivity index (χ0v) is 10.2. The first kappa shape index (κ1) is 11.6. The van der Waals surface area contributed by atoms with E-state index in [4.69, 9.17) is 0 Å². The van der Waals surface area contributed by atoms with Crippen molar-refractivity contribution in [1.82, 2.24) is 10.3 Å². The Labute approximate surface area is 98.5 Å². The first-order valence-electron chi connectivity index (χ1n) is 6.49. The molecule has 2 heteroatoms. The Hall–Kier alpha value is -0.890. The van der Waals surface area contributed by atoms with Gasteiger partial charge in [-0.1, -0.05) is 6.92 Å². The molecule has 0 spiro atoms. The summed E-state index contributed by atoms with van der Waals surface area (Å²) >= 11 is 0. The fraction of sp³-hybridized carbons (Fsp3) is 0.643. The van der Waals surface area contributed by atoms with E-state index in [0.717, 1.165) is 11.8 Å². The summed E-state index contributed by atoms with van der Waals surface area (Å²) in [5.74, 6) is 1.80. The van der Waals surface area contributed by atoms with E-state index < -0.39 is 0 Å². The summed E-state index contributed by atoms with van der Waals surface area (Å²) in [6, 6.07) is 4.30. The largest absolute Gasteiger partial charge is 0.316 e. The molecule has 0 aromatic carbocycles. The second-order valence-electron chi connectivity index (χ2n) is 4.86. The summed E-state index contributed by atoms with van der Waals surface area (Å²) in [4.78, 5) is 4.06. The molecular weight excluding hydrogens is 196 g/mol. The lowest BCUT2D eigenvalue weighted by Crippen LogP contribution is -2.36. The fourth-order valence-electron chi connectivity index (χ4n) is 2.46. The van der Waals surface area contributed by atoms with Crippen molar-refractivity contribution >= 4 is 0 Å². The van der Waals surface area contributed by atoms with Gasteiger partial charge in [0.05, 0.1) is 0 Å². The molecule has 0 radical (unpaired) electrons. The molecule has 0 saturated heterocycles. The molecule has 1 heterocycles. The molecule has 2 unspecified atom stereocenters. The van der Waals surface area contributed by atoms with Gasteiger partial charge >= 0.3 is 0 Å². The Morgan fingerprint density at radius 3 is 2.62 bits per heavy atom. The van der Waals surface area contributed by atoms with Crippen LogP contribution in [-0.4, -0.2) is 18.1 Å². The van der Waals surface area contributed by atoms with Crippen LogP contribution in [0.5, 0.6) is 0 Å². The zero-order valence-electron chi connectivity index (χ0n) is 10.2. The van der Waals surface area contributed by atoms with Crippen LogP contribution in [0.1, 0.15) is 31.7 Å². The standard InChI is InChI=1S/C14H22N2/c1-2-7-16-11-14-4-3-13(14)10-12-5-8-15-9-6-12/h5-6,8-9,13-14,16H,2-4,7,10-11H2,1H3. The van der Waals surface area contributed by atoms with Gasteiger partial charge in [-0.15, -0.1) is 0 Å². The van der Waals surface area contributed by atoms with Gasteiger partial charge in [0.1, 0.15) is 0 Å². The normalized spacial score (nSPS) is 24.1. The third-order valence-electron chi connectivity index (χ3n) is 3.66. The molecule has 88 valence electrons. The number of pyridine rings is 1. The van der Waals surface area contributed by atoms with Crippen molar-refractivity contribution in [2.24, 2.45) is 11.8 Å². The molecule has 1 aliphatic rings. The van der Waals surface area contributed by atoms with Crippen LogP contribution >= 0.6 is 0 Å². The summed E-state index contributed by atoms with van der Waals surface area (Å²) in [5.41, 5.74) is 1.44. The van der Waals surface area contributed by atoms with Gasteiger partial charge in [-0.05, 0) is 68.3 Å². The van der Waals surface area contributed by atoms with Crippen molar-refractivity contribution in [3.8, 4) is 0 Å². The molecule has 1 aliphatic carbocycles. The Morgan fingerprint density at radius 1 is 1.25 bits per heavy atom. The van der Waals surface area contributed by atoms with Crippen LogP contribution in [0.15, 0.2) is 24.5 Å². The Bertz CT molecular complexity index is 297. The molecule has 2 rings (SSSR count). The van der Waals surface area contributed by atoms with Crippen molar-refractivity contribution in [3.63, 3.8) is 0 Å². The highest BCUT2D eigenvalue weighted by atomic mass is 14.9. The van der Waals surface area contributed by atoms with Crippen molar-refractivity contribution < 1.29 is 0 Å². The van der Waals surface area contributed by atoms with Gasteiger partial charge in [0, 0.05) is 12.4 Å². The lowest BCUT2D eigenvalue weighted by molar-refractivity contribution is 0.171. The summed E-state index contributed by atoms with van der Waals surface area (Å²) in [5, 5.41) is 3.54. The van der Waals surface area contributed by atoms with Crippen molar-refractivity contribution in [2.75, 3.05) is 13.1 Å². The van der Waals surface area contributed by atoms with Crippen molar-refractivity contribution in [1.29, 1.82) is 0 Å². The minimum Gasteiger partial charge on any atom is -0.316 e. The number of rotatable bonds is 6. The molecule has 1 saturated carbocycles. The van der Waals surface area contributed by atoms with Crippen LogP contribution < -0.4 is 5.32 Å². The summed E-state index contributed by atoms with van der Waals surface area (Å²) in [7, 11) is 0. The molecule has 0 amide bonds. The van der Waals surface area contributed by atoms with Crippen LogP contribution in [-0.2, 0) is 6.42 Å². The van der Waals surface area contributed by atoms with Gasteiger partial charge in [0.25, 0.3) is 0 Å². The SMILES string of the molecule is CCCNCC1CCC1Cc1ccncc1. The van der Waals surface area contributed by atoms with E-state index in [2.05, 4.69) is 29.4 Å². The predicted octanol–water partition coefficient (Wildman–Crippen LogP) is 2.65. The second kappa shape index (κ2) is 6.00. The molecule has 1 N–H and O–H groups in total. The highest BCUT2D eigenvalue weighted by molar-refractivity contribution is 5.11. The summed E-state index contributed by atoms with van der Waals surface area (Å²) in [6.07, 6.45) is 9.09. The monoisotopic (exact) mass is 218 g/mol. The number of nitrogens with one attached hydrogen (secondary N) is 1. The minimum absolute atomic E-state index is 0.895. The van der Waals surface area contributed by atoms with Crippen LogP contribution in [0.4, 0.5) is 0 Å². The number of nitrogens with zero attached hydrogens (tertiary/aromatic N) is 1. The average molecular weight is 218 g/mol. The lowest BCUT2D eigenvalue weighted by atomic mass is 9.71. The maximum absolute atomic E-state index is 4.06. The van der Waals surface area contributed by atoms with Gasteiger partial charge in [0.15, 0.2) is 0 Å². The van der Waals surface area contributed by atoms with Gasteiger partial charge < -0.3 is 5.32 Å². The Morgan fingerprint density at radius 2 is 2.00 bits per heavy atom. The molecule has 2 nitrogen and oxygen atoms in total. The van der Waals surface area contributed by atoms with Crippen LogP contribution in [0.3, 0.4) is 0 Å². The van der Waals surface area contributed by atoms with E-state index >= 15 is 0 Å². The smallest absolute Gasteiger partial charge is 0.0270 e. The van der Waals surface area contributed by atoms with E-state index in [1.165, 1.54) is 44.3 Å². The average Bonchev–Trinajstić information content (AvgIpc) is 2.32. The number of aromatic nitrogens is 1. The molecule has 2 atom stereocenters. The van der Waals surface area contributed by atoms with E-state index in [-0.39, 0.29) is 0 Å². The molecule has 0 aliphatic heterocycles. The lowest BCUT2D eigenvalue weighted by Gasteiger charge is -2.37. The van der Waals surface area contributed by atoms with E-state index in [9.17, 15) is 0 Å². The van der Waals surface area contributed by atoms with Crippen LogP contribution in [0.2, 0.25) is 0 Å². The minimum atomic E-state index is 0.895. The van der Waals surface area contributed by atoms with E-state index in [1.54, 1.807) is 0 Å². The first-order valence-corrected chi connectivity index (χ1v) is 6.49. The predicted molar refractivity (Wildman–Crippen MR) is 67.3 cm³/mol. The maximum atomic E-state index is 4.06. The zero-order chi connectivity index (χ0) is 11.2. The Kier molecular flexibility index (Phi) is 4.34. The van der Waals surface area contributed by atoms with E-state index in [0.29, 0.717) is 0 Å². The molecule has 1 fully saturated rings. The van der Waals surface area contributed by atoms with E-state index in [1.807, 2.05) is 12.4 Å². The quantitative estimate of drug-likeness (QED) is 0.743. The molecule has 16 heavy (non-hydrogen) atoms. The molecular formula is C14H22N2. The topological polar surface area (TPSA) is 24.9 Å². The summed E-state index contributed by atoms with van der Waals surface area (Å²) in [6.45, 7) is 4.60. The summed E-state index contributed by atoms with van der Waals surface area (Å²) < 4.78 is 0. The van der Waals surface area contributed by atoms with Crippen molar-refractivity contribution in [3.05, 3.63) is 30.1 Å². The third kappa shape index (κ3) is 3.05. The highest BCUT2D eigenvalue weighted by Gasteiger charge is 2.29. The second-order valence-corrected chi connectivity index (χ2v) is 4.86. The fourth-order valence-corrected chi connectivity index (χ4v) is 2.46. The van der Waals surface area contributed by atoms with Gasteiger partial charge in [-0.25, -0.2) is 0 Å². The van der Waals surface area contributed by atoms with Gasteiger partial charge in [-0.3, -0.25) is 4.98 Å². The Balaban J connectivity index is 1.74. The third-order valence-corrected chi connectivity index (χ3v) is 3.66. The number of hydrogen-bond acceptors (Lipinski definition) is 2. The van der Waals surface area contributed by atoms with Gasteiger partial charge in [0.2, 0.25) is 0 Å². The molecule has 1 aromatic heterocycles. The highest BCUT2D eigenvalue weighted by Crippen LogP contribution is 2.36. The molecule has 1 aromatic rings. The maximum Gasteiger partial charge on any atom is 0.0270 e. The molecule has 0 bridgehead atoms. The van der Waals surface area contributed by atoms with Crippen LogP contribution in [0.25, 0.3) is 0 Å². The van der Waals surface area contributed by atoms with Crippen molar-refractivity contribution in [2.45, 2.75) is 32.6 Å². The van der Waals surface area contributed by atoms with Gasteiger partial charge in [-0.2, -0.15) is 0 Å².